The van der Waals surface area contributed by atoms with Crippen LogP contribution in [0.2, 0.25) is 0 Å². The molecule has 0 amide bonds. The highest BCUT2D eigenvalue weighted by Crippen LogP contribution is 2.57. The van der Waals surface area contributed by atoms with Crippen LogP contribution in [0.5, 0.6) is 0 Å². The van der Waals surface area contributed by atoms with Crippen LogP contribution in [-0.4, -0.2) is 0 Å². The zero-order valence-corrected chi connectivity index (χ0v) is 35.4. The second-order valence-corrected chi connectivity index (χ2v) is 20.3. The van der Waals surface area contributed by atoms with Crippen molar-refractivity contribution in [3.63, 3.8) is 0 Å². The average molecular weight is 734 g/mol. The summed E-state index contributed by atoms with van der Waals surface area (Å²) in [6, 6.07) is 48.9. The number of para-hydroxylation sites is 1. The standard InChI is InChI=1S/C55H59N/c1-51(2)30-32-53(5,6)49-39(21-16-23-44(49)51)36-26-28-37(29-27-36)41-34-42-40-20-14-15-22-43(40)55(9,10)46(42)35-48(41)56(38-18-12-11-13-19-38)47-25-17-24-45-50(47)54(7,8)33-31-52(45,3)4/h11-29,34-35H,30-33H2,1-10H3. The molecule has 56 heavy (non-hydrogen) atoms. The molecule has 0 radical (unpaired) electrons. The van der Waals surface area contributed by atoms with Crippen LogP contribution < -0.4 is 4.90 Å². The summed E-state index contributed by atoms with van der Waals surface area (Å²) < 4.78 is 0. The maximum Gasteiger partial charge on any atom is 0.0543 e. The van der Waals surface area contributed by atoms with Crippen LogP contribution in [0.4, 0.5) is 17.1 Å². The predicted octanol–water partition coefficient (Wildman–Crippen LogP) is 15.5. The monoisotopic (exact) mass is 733 g/mol. The molecule has 284 valence electrons. The highest BCUT2D eigenvalue weighted by Gasteiger charge is 2.42. The SMILES string of the molecule is CC1(C)CCC(C)(C)c2c(-c3ccc(-c4cc5c(cc4N(c4ccccc4)c4cccc6c4C(C)(C)CCC6(C)C)C(C)(C)c4ccccc4-5)cc3)cccc21. The van der Waals surface area contributed by atoms with Crippen LogP contribution in [0.3, 0.4) is 0 Å². The maximum absolute atomic E-state index is 2.60. The van der Waals surface area contributed by atoms with Gasteiger partial charge >= 0.3 is 0 Å². The first-order chi connectivity index (χ1) is 26.5. The molecule has 0 fully saturated rings. The first-order valence-electron chi connectivity index (χ1n) is 21.0. The fourth-order valence-electron chi connectivity index (χ4n) is 10.8. The van der Waals surface area contributed by atoms with E-state index in [1.807, 2.05) is 0 Å². The minimum absolute atomic E-state index is 0.0275. The zero-order chi connectivity index (χ0) is 39.4. The molecule has 6 aromatic rings. The molecule has 1 nitrogen and oxygen atoms in total. The zero-order valence-electron chi connectivity index (χ0n) is 35.4. The van der Waals surface area contributed by atoms with Crippen molar-refractivity contribution in [3.8, 4) is 33.4 Å². The van der Waals surface area contributed by atoms with Gasteiger partial charge in [-0.3, -0.25) is 0 Å². The minimum atomic E-state index is -0.129. The van der Waals surface area contributed by atoms with Gasteiger partial charge in [0, 0.05) is 16.7 Å². The maximum atomic E-state index is 2.60. The van der Waals surface area contributed by atoms with Crippen molar-refractivity contribution in [2.24, 2.45) is 0 Å². The summed E-state index contributed by atoms with van der Waals surface area (Å²) in [4.78, 5) is 2.60. The largest absolute Gasteiger partial charge is 0.310 e. The predicted molar refractivity (Wildman–Crippen MR) is 240 cm³/mol. The number of hydrogen-bond donors (Lipinski definition) is 0. The Bertz CT molecular complexity index is 2490. The van der Waals surface area contributed by atoms with E-state index in [-0.39, 0.29) is 27.1 Å². The third-order valence-corrected chi connectivity index (χ3v) is 14.4. The van der Waals surface area contributed by atoms with Crippen LogP contribution in [-0.2, 0) is 27.1 Å². The van der Waals surface area contributed by atoms with E-state index in [0.717, 1.165) is 6.42 Å². The second-order valence-electron chi connectivity index (χ2n) is 20.3. The van der Waals surface area contributed by atoms with Crippen LogP contribution in [0.25, 0.3) is 33.4 Å². The summed E-state index contributed by atoms with van der Waals surface area (Å²) in [5, 5.41) is 0. The molecule has 0 aromatic heterocycles. The highest BCUT2D eigenvalue weighted by molar-refractivity contribution is 5.96. The van der Waals surface area contributed by atoms with Gasteiger partial charge in [-0.1, -0.05) is 166 Å². The Balaban J connectivity index is 1.30. The average Bonchev–Trinajstić information content (AvgIpc) is 3.40. The number of benzene rings is 6. The number of rotatable bonds is 5. The van der Waals surface area contributed by atoms with Gasteiger partial charge in [-0.2, -0.15) is 0 Å². The number of nitrogens with zero attached hydrogens (tertiary/aromatic N) is 1. The third-order valence-electron chi connectivity index (χ3n) is 14.4. The van der Waals surface area contributed by atoms with Gasteiger partial charge in [-0.05, 0) is 139 Å². The van der Waals surface area contributed by atoms with Gasteiger partial charge in [0.1, 0.15) is 0 Å². The fourth-order valence-corrected chi connectivity index (χ4v) is 10.8. The molecule has 0 unspecified atom stereocenters. The van der Waals surface area contributed by atoms with Crippen LogP contribution in [0.15, 0.2) is 127 Å². The Morgan fingerprint density at radius 3 is 1.52 bits per heavy atom. The molecule has 3 aliphatic rings. The summed E-state index contributed by atoms with van der Waals surface area (Å²) in [7, 11) is 0. The highest BCUT2D eigenvalue weighted by atomic mass is 15.1. The van der Waals surface area contributed by atoms with Crippen molar-refractivity contribution in [2.75, 3.05) is 4.90 Å². The molecule has 6 aromatic carbocycles. The van der Waals surface area contributed by atoms with E-state index in [1.54, 1.807) is 0 Å². The molecule has 0 atom stereocenters. The molecular formula is C55H59N. The van der Waals surface area contributed by atoms with Crippen LogP contribution in [0.1, 0.15) is 128 Å². The smallest absolute Gasteiger partial charge is 0.0543 e. The molecule has 0 heterocycles. The normalized spacial score (nSPS) is 19.0. The molecule has 0 N–H and O–H groups in total. The van der Waals surface area contributed by atoms with E-state index < -0.39 is 0 Å². The van der Waals surface area contributed by atoms with Gasteiger partial charge in [0.05, 0.1) is 11.4 Å². The summed E-state index contributed by atoms with van der Waals surface area (Å²) in [6.07, 6.45) is 4.76. The van der Waals surface area contributed by atoms with E-state index in [9.17, 15) is 0 Å². The number of anilines is 3. The summed E-state index contributed by atoms with van der Waals surface area (Å²) in [5.74, 6) is 0. The van der Waals surface area contributed by atoms with Crippen molar-refractivity contribution < 1.29 is 0 Å². The minimum Gasteiger partial charge on any atom is -0.310 e. The van der Waals surface area contributed by atoms with Crippen molar-refractivity contribution >= 4 is 17.1 Å². The second kappa shape index (κ2) is 12.6. The molecule has 3 aliphatic carbocycles. The summed E-state index contributed by atoms with van der Waals surface area (Å²) in [5.41, 5.74) is 20.7. The van der Waals surface area contributed by atoms with Crippen molar-refractivity contribution in [1.82, 2.24) is 0 Å². The van der Waals surface area contributed by atoms with Gasteiger partial charge in [-0.25, -0.2) is 0 Å². The Morgan fingerprint density at radius 1 is 0.357 bits per heavy atom. The van der Waals surface area contributed by atoms with E-state index in [2.05, 4.69) is 202 Å². The Kier molecular flexibility index (Phi) is 8.24. The molecule has 0 spiro atoms. The molecule has 0 aliphatic heterocycles. The fraction of sp³-hybridized carbons (Fsp3) is 0.345. The Morgan fingerprint density at radius 2 is 0.857 bits per heavy atom. The molecule has 0 saturated carbocycles. The lowest BCUT2D eigenvalue weighted by molar-refractivity contribution is 0.332. The first kappa shape index (κ1) is 36.7. The number of fused-ring (bicyclic) bond motifs is 5. The Labute approximate surface area is 336 Å². The van der Waals surface area contributed by atoms with Crippen molar-refractivity contribution in [1.29, 1.82) is 0 Å². The van der Waals surface area contributed by atoms with Gasteiger partial charge < -0.3 is 4.90 Å². The molecule has 0 bridgehead atoms. The Hall–Kier alpha value is -4.88. The van der Waals surface area contributed by atoms with Crippen molar-refractivity contribution in [3.05, 3.63) is 161 Å². The van der Waals surface area contributed by atoms with E-state index in [0.29, 0.717) is 0 Å². The molecular weight excluding hydrogens is 675 g/mol. The van der Waals surface area contributed by atoms with E-state index >= 15 is 0 Å². The lowest BCUT2D eigenvalue weighted by atomic mass is 9.61. The molecule has 0 saturated heterocycles. The summed E-state index contributed by atoms with van der Waals surface area (Å²) in [6.45, 7) is 24.3. The number of hydrogen-bond acceptors (Lipinski definition) is 1. The molecule has 9 rings (SSSR count). The van der Waals surface area contributed by atoms with Gasteiger partial charge in [0.15, 0.2) is 0 Å². The topological polar surface area (TPSA) is 3.24 Å². The summed E-state index contributed by atoms with van der Waals surface area (Å²) >= 11 is 0. The lowest BCUT2D eigenvalue weighted by Crippen LogP contribution is -2.35. The van der Waals surface area contributed by atoms with Gasteiger partial charge in [-0.15, -0.1) is 0 Å². The van der Waals surface area contributed by atoms with Crippen LogP contribution in [0, 0.1) is 0 Å². The lowest BCUT2D eigenvalue weighted by Gasteiger charge is -2.45. The third kappa shape index (κ3) is 5.63. The van der Waals surface area contributed by atoms with Crippen LogP contribution >= 0.6 is 0 Å². The van der Waals surface area contributed by atoms with E-state index in [1.165, 1.54) is 103 Å². The van der Waals surface area contributed by atoms with E-state index in [4.69, 9.17) is 0 Å². The van der Waals surface area contributed by atoms with Gasteiger partial charge in [0.25, 0.3) is 0 Å². The van der Waals surface area contributed by atoms with Gasteiger partial charge in [0.2, 0.25) is 0 Å². The quantitative estimate of drug-likeness (QED) is 0.171. The molecule has 1 heteroatoms. The van der Waals surface area contributed by atoms with Crippen molar-refractivity contribution in [2.45, 2.75) is 122 Å². The first-order valence-corrected chi connectivity index (χ1v) is 21.0.